The molecule has 0 radical (unpaired) electrons. The van der Waals surface area contributed by atoms with Crippen molar-refractivity contribution >= 4 is 27.3 Å². The molecule has 0 bridgehead atoms. The van der Waals surface area contributed by atoms with Crippen molar-refractivity contribution in [2.24, 2.45) is 0 Å². The predicted molar refractivity (Wildman–Crippen MR) is 80.4 cm³/mol. The summed E-state index contributed by atoms with van der Waals surface area (Å²) in [6.45, 7) is 2.96. The summed E-state index contributed by atoms with van der Waals surface area (Å²) in [5, 5.41) is 10.2. The van der Waals surface area contributed by atoms with Gasteiger partial charge in [-0.2, -0.15) is 0 Å². The summed E-state index contributed by atoms with van der Waals surface area (Å²) in [6, 6.07) is 1.30. The lowest BCUT2D eigenvalue weighted by Crippen LogP contribution is -2.54. The van der Waals surface area contributed by atoms with E-state index in [1.165, 1.54) is 11.4 Å². The van der Waals surface area contributed by atoms with Gasteiger partial charge in [-0.3, -0.25) is 4.90 Å². The minimum atomic E-state index is -3.65. The molecule has 1 saturated heterocycles. The van der Waals surface area contributed by atoms with Crippen molar-refractivity contribution in [3.63, 3.8) is 0 Å². The van der Waals surface area contributed by atoms with Gasteiger partial charge < -0.3 is 10.0 Å². The molecule has 0 aliphatic carbocycles. The van der Waals surface area contributed by atoms with Crippen LogP contribution in [0.1, 0.15) is 10.4 Å². The maximum Gasteiger partial charge on any atom is 0.336 e. The number of carboxylic acids is 1. The van der Waals surface area contributed by atoms with E-state index in [4.69, 9.17) is 5.11 Å². The molecule has 1 fully saturated rings. The second-order valence-corrected chi connectivity index (χ2v) is 8.11. The van der Waals surface area contributed by atoms with Gasteiger partial charge in [-0.1, -0.05) is 0 Å². The number of rotatable bonds is 5. The minimum Gasteiger partial charge on any atom is -0.478 e. The number of aromatic carboxylic acids is 1. The summed E-state index contributed by atoms with van der Waals surface area (Å²) in [6.07, 6.45) is 0. The van der Waals surface area contributed by atoms with Crippen LogP contribution in [0.5, 0.6) is 0 Å². The third kappa shape index (κ3) is 4.01. The molecule has 1 unspecified atom stereocenters. The van der Waals surface area contributed by atoms with Gasteiger partial charge in [0.1, 0.15) is 4.21 Å². The molecule has 9 heteroatoms. The fourth-order valence-electron chi connectivity index (χ4n) is 2.17. The Bertz CT molecular complexity index is 614. The molecule has 2 N–H and O–H groups in total. The van der Waals surface area contributed by atoms with Crippen LogP contribution in [0.3, 0.4) is 0 Å². The van der Waals surface area contributed by atoms with Gasteiger partial charge in [-0.05, 0) is 20.2 Å². The Morgan fingerprint density at radius 1 is 1.48 bits per heavy atom. The minimum absolute atomic E-state index is 0.00473. The highest BCUT2D eigenvalue weighted by Gasteiger charge is 2.25. The number of nitrogens with zero attached hydrogens (tertiary/aromatic N) is 2. The first-order chi connectivity index (χ1) is 9.79. The van der Waals surface area contributed by atoms with Gasteiger partial charge >= 0.3 is 5.97 Å². The zero-order valence-electron chi connectivity index (χ0n) is 11.9. The molecule has 7 nitrogen and oxygen atoms in total. The molecule has 0 amide bonds. The van der Waals surface area contributed by atoms with E-state index in [1.54, 1.807) is 0 Å². The van der Waals surface area contributed by atoms with Gasteiger partial charge in [0.25, 0.3) is 0 Å². The number of hydrogen-bond acceptors (Lipinski definition) is 6. The van der Waals surface area contributed by atoms with Crippen LogP contribution in [-0.2, 0) is 10.0 Å². The third-order valence-electron chi connectivity index (χ3n) is 3.58. The Kier molecular flexibility index (Phi) is 4.99. The fourth-order valence-corrected chi connectivity index (χ4v) is 4.44. The average molecular weight is 333 g/mol. The highest BCUT2D eigenvalue weighted by molar-refractivity contribution is 7.91. The van der Waals surface area contributed by atoms with E-state index < -0.39 is 16.0 Å². The molecule has 1 atom stereocenters. The average Bonchev–Trinajstić information content (AvgIpc) is 2.90. The number of sulfonamides is 1. The molecule has 1 aromatic rings. The van der Waals surface area contributed by atoms with E-state index in [2.05, 4.69) is 14.5 Å². The number of likely N-dealkylation sites (N-methyl/N-ethyl adjacent to an activating group) is 2. The number of nitrogens with one attached hydrogen (secondary N) is 1. The molecule has 21 heavy (non-hydrogen) atoms. The zero-order chi connectivity index (χ0) is 15.6. The molecule has 1 aromatic heterocycles. The lowest BCUT2D eigenvalue weighted by molar-refractivity contribution is 0.0697. The Morgan fingerprint density at radius 3 is 2.81 bits per heavy atom. The van der Waals surface area contributed by atoms with Crippen LogP contribution in [0.25, 0.3) is 0 Å². The summed E-state index contributed by atoms with van der Waals surface area (Å²) in [4.78, 5) is 15.1. The molecule has 2 heterocycles. The summed E-state index contributed by atoms with van der Waals surface area (Å²) in [5.41, 5.74) is -0.00473. The zero-order valence-corrected chi connectivity index (χ0v) is 13.6. The van der Waals surface area contributed by atoms with Crippen LogP contribution < -0.4 is 4.72 Å². The SMILES string of the molecule is CN1CCN(C)C(CNS(=O)(=O)c2cc(C(=O)O)cs2)C1. The van der Waals surface area contributed by atoms with Crippen molar-refractivity contribution in [3.8, 4) is 0 Å². The topological polar surface area (TPSA) is 90.0 Å². The lowest BCUT2D eigenvalue weighted by atomic mass is 10.2. The van der Waals surface area contributed by atoms with Gasteiger partial charge in [0.2, 0.25) is 10.0 Å². The molecular weight excluding hydrogens is 314 g/mol. The number of thiophene rings is 1. The van der Waals surface area contributed by atoms with Crippen LogP contribution in [0.2, 0.25) is 0 Å². The van der Waals surface area contributed by atoms with Crippen molar-refractivity contribution in [3.05, 3.63) is 17.0 Å². The third-order valence-corrected chi connectivity index (χ3v) is 6.44. The van der Waals surface area contributed by atoms with Crippen molar-refractivity contribution < 1.29 is 18.3 Å². The van der Waals surface area contributed by atoms with Crippen LogP contribution in [0.4, 0.5) is 0 Å². The highest BCUT2D eigenvalue weighted by Crippen LogP contribution is 2.20. The standard InChI is InChI=1S/C12H19N3O4S2/c1-14-3-4-15(2)10(7-14)6-13-21(18,19)11-5-9(8-20-11)12(16)17/h5,8,10,13H,3-4,6-7H2,1-2H3,(H,16,17). The van der Waals surface area contributed by atoms with Crippen molar-refractivity contribution in [2.75, 3.05) is 40.3 Å². The van der Waals surface area contributed by atoms with E-state index in [0.29, 0.717) is 6.54 Å². The van der Waals surface area contributed by atoms with E-state index in [9.17, 15) is 13.2 Å². The van der Waals surface area contributed by atoms with Crippen LogP contribution in [0.15, 0.2) is 15.7 Å². The predicted octanol–water partition coefficient (Wildman–Crippen LogP) is -0.0296. The van der Waals surface area contributed by atoms with E-state index in [-0.39, 0.29) is 15.8 Å². The van der Waals surface area contributed by atoms with Crippen molar-refractivity contribution in [1.82, 2.24) is 14.5 Å². The monoisotopic (exact) mass is 333 g/mol. The molecule has 0 saturated carbocycles. The Hall–Kier alpha value is -1.00. The molecule has 1 aliphatic rings. The summed E-state index contributed by atoms with van der Waals surface area (Å²) in [7, 11) is 0.325. The van der Waals surface area contributed by atoms with Crippen molar-refractivity contribution in [2.45, 2.75) is 10.3 Å². The van der Waals surface area contributed by atoms with Crippen molar-refractivity contribution in [1.29, 1.82) is 0 Å². The number of carboxylic acid groups (broad SMARTS) is 1. The lowest BCUT2D eigenvalue weighted by Gasteiger charge is -2.37. The summed E-state index contributed by atoms with van der Waals surface area (Å²) < 4.78 is 27.0. The quantitative estimate of drug-likeness (QED) is 0.786. The maximum absolute atomic E-state index is 12.2. The van der Waals surface area contributed by atoms with Gasteiger partial charge in [-0.25, -0.2) is 17.9 Å². The smallest absolute Gasteiger partial charge is 0.336 e. The summed E-state index contributed by atoms with van der Waals surface area (Å²) >= 11 is 0.917. The fraction of sp³-hybridized carbons (Fsp3) is 0.583. The molecule has 118 valence electrons. The molecule has 0 aromatic carbocycles. The molecular formula is C12H19N3O4S2. The van der Waals surface area contributed by atoms with E-state index in [0.717, 1.165) is 31.0 Å². The Labute approximate surface area is 128 Å². The molecule has 2 rings (SSSR count). The van der Waals surface area contributed by atoms with E-state index in [1.807, 2.05) is 14.1 Å². The van der Waals surface area contributed by atoms with Crippen LogP contribution in [-0.4, -0.2) is 75.6 Å². The Morgan fingerprint density at radius 2 is 2.19 bits per heavy atom. The second kappa shape index (κ2) is 6.41. The highest BCUT2D eigenvalue weighted by atomic mass is 32.2. The first-order valence-corrected chi connectivity index (χ1v) is 8.86. The first-order valence-electron chi connectivity index (χ1n) is 6.50. The first kappa shape index (κ1) is 16.4. The Balaban J connectivity index is 2.01. The van der Waals surface area contributed by atoms with Crippen LogP contribution in [0, 0.1) is 0 Å². The van der Waals surface area contributed by atoms with Gasteiger partial charge in [0.05, 0.1) is 5.56 Å². The summed E-state index contributed by atoms with van der Waals surface area (Å²) in [5.74, 6) is -1.12. The molecule has 1 aliphatic heterocycles. The maximum atomic E-state index is 12.2. The number of piperazine rings is 1. The van der Waals surface area contributed by atoms with E-state index >= 15 is 0 Å². The van der Waals surface area contributed by atoms with Gasteiger partial charge in [0, 0.05) is 37.6 Å². The largest absolute Gasteiger partial charge is 0.478 e. The van der Waals surface area contributed by atoms with Crippen LogP contribution >= 0.6 is 11.3 Å². The molecule has 0 spiro atoms. The van der Waals surface area contributed by atoms with Gasteiger partial charge in [0.15, 0.2) is 0 Å². The normalized spacial score (nSPS) is 21.5. The number of hydrogen-bond donors (Lipinski definition) is 2. The van der Waals surface area contributed by atoms with Gasteiger partial charge in [-0.15, -0.1) is 11.3 Å². The number of carbonyl (C=O) groups is 1. The second-order valence-electron chi connectivity index (χ2n) is 5.21.